The monoisotopic (exact) mass is 385 g/mol. The normalized spacial score (nSPS) is 29.4. The fourth-order valence-electron chi connectivity index (χ4n) is 3.99. The molecule has 0 spiro atoms. The van der Waals surface area contributed by atoms with Crippen LogP contribution in [-0.2, 0) is 0 Å². The number of hydrogen-bond donors (Lipinski definition) is 2. The zero-order valence-electron chi connectivity index (χ0n) is 11.6. The maximum absolute atomic E-state index is 12.3. The average Bonchev–Trinajstić information content (AvgIpc) is 3.03. The summed E-state index contributed by atoms with van der Waals surface area (Å²) in [6.07, 6.45) is 5.30. The van der Waals surface area contributed by atoms with E-state index in [1.807, 2.05) is 0 Å². The van der Waals surface area contributed by atoms with Crippen molar-refractivity contribution in [1.82, 2.24) is 5.32 Å². The standard InChI is InChI=1S/C16H20INO2/c1-9(13-7-10-2-3-11(13)6-10)18-16(20)14-8-12(17)4-5-15(14)19/h4-5,8-11,13,19H,2-3,6-7H2,1H3,(H,18,20). The van der Waals surface area contributed by atoms with Gasteiger partial charge in [0.15, 0.2) is 0 Å². The highest BCUT2D eigenvalue weighted by atomic mass is 127. The van der Waals surface area contributed by atoms with Crippen molar-refractivity contribution in [3.63, 3.8) is 0 Å². The fraction of sp³-hybridized carbons (Fsp3) is 0.562. The van der Waals surface area contributed by atoms with Gasteiger partial charge in [-0.2, -0.15) is 0 Å². The summed E-state index contributed by atoms with van der Waals surface area (Å²) in [5.74, 6) is 2.19. The Morgan fingerprint density at radius 2 is 2.20 bits per heavy atom. The highest BCUT2D eigenvalue weighted by Gasteiger charge is 2.42. The van der Waals surface area contributed by atoms with Gasteiger partial charge in [0.05, 0.1) is 5.56 Å². The minimum absolute atomic E-state index is 0.0584. The zero-order chi connectivity index (χ0) is 14.3. The van der Waals surface area contributed by atoms with Crippen molar-refractivity contribution in [3.8, 4) is 5.75 Å². The number of halogens is 1. The Bertz CT molecular complexity index is 531. The largest absolute Gasteiger partial charge is 0.507 e. The lowest BCUT2D eigenvalue weighted by atomic mass is 9.84. The molecule has 108 valence electrons. The van der Waals surface area contributed by atoms with Crippen LogP contribution >= 0.6 is 22.6 Å². The maximum atomic E-state index is 12.3. The van der Waals surface area contributed by atoms with E-state index in [2.05, 4.69) is 34.8 Å². The van der Waals surface area contributed by atoms with Gasteiger partial charge in [0, 0.05) is 9.61 Å². The summed E-state index contributed by atoms with van der Waals surface area (Å²) >= 11 is 2.15. The lowest BCUT2D eigenvalue weighted by Crippen LogP contribution is -2.40. The molecule has 0 heterocycles. The number of benzene rings is 1. The first-order valence-electron chi connectivity index (χ1n) is 7.34. The summed E-state index contributed by atoms with van der Waals surface area (Å²) in [4.78, 5) is 12.3. The smallest absolute Gasteiger partial charge is 0.255 e. The number of rotatable bonds is 3. The first kappa shape index (κ1) is 14.2. The maximum Gasteiger partial charge on any atom is 0.255 e. The highest BCUT2D eigenvalue weighted by Crippen LogP contribution is 2.49. The van der Waals surface area contributed by atoms with Crippen molar-refractivity contribution >= 4 is 28.5 Å². The number of carbonyl (C=O) groups excluding carboxylic acids is 1. The van der Waals surface area contributed by atoms with Gasteiger partial charge in [0.2, 0.25) is 0 Å². The third kappa shape index (κ3) is 2.67. The Hall–Kier alpha value is -0.780. The first-order valence-corrected chi connectivity index (χ1v) is 8.42. The fourth-order valence-corrected chi connectivity index (χ4v) is 4.48. The summed E-state index contributed by atoms with van der Waals surface area (Å²) < 4.78 is 0.957. The molecule has 0 aromatic heterocycles. The van der Waals surface area contributed by atoms with Crippen LogP contribution in [0.15, 0.2) is 18.2 Å². The quantitative estimate of drug-likeness (QED) is 0.782. The van der Waals surface area contributed by atoms with Gasteiger partial charge in [-0.3, -0.25) is 4.79 Å². The Morgan fingerprint density at radius 1 is 1.40 bits per heavy atom. The Labute approximate surface area is 133 Å². The molecule has 0 saturated heterocycles. The molecule has 2 aliphatic carbocycles. The average molecular weight is 385 g/mol. The summed E-state index contributed by atoms with van der Waals surface area (Å²) in [6, 6.07) is 5.30. The Morgan fingerprint density at radius 3 is 2.85 bits per heavy atom. The van der Waals surface area contributed by atoms with Crippen molar-refractivity contribution in [2.24, 2.45) is 17.8 Å². The van der Waals surface area contributed by atoms with E-state index in [1.54, 1.807) is 18.2 Å². The Balaban J connectivity index is 1.68. The van der Waals surface area contributed by atoms with Crippen LogP contribution in [0.2, 0.25) is 0 Å². The highest BCUT2D eigenvalue weighted by molar-refractivity contribution is 14.1. The van der Waals surface area contributed by atoms with Gasteiger partial charge >= 0.3 is 0 Å². The van der Waals surface area contributed by atoms with Gasteiger partial charge in [-0.05, 0) is 84.7 Å². The van der Waals surface area contributed by atoms with Crippen molar-refractivity contribution < 1.29 is 9.90 Å². The minimum Gasteiger partial charge on any atom is -0.507 e. The second kappa shape index (κ2) is 5.54. The molecule has 2 aliphatic rings. The molecule has 1 amide bonds. The van der Waals surface area contributed by atoms with Crippen LogP contribution < -0.4 is 5.32 Å². The second-order valence-corrected chi connectivity index (χ2v) is 7.51. The minimum atomic E-state index is -0.156. The number of fused-ring (bicyclic) bond motifs is 2. The summed E-state index contributed by atoms with van der Waals surface area (Å²) in [7, 11) is 0. The molecule has 0 radical (unpaired) electrons. The van der Waals surface area contributed by atoms with E-state index >= 15 is 0 Å². The van der Waals surface area contributed by atoms with E-state index < -0.39 is 0 Å². The van der Waals surface area contributed by atoms with E-state index in [0.29, 0.717) is 11.5 Å². The van der Waals surface area contributed by atoms with Gasteiger partial charge in [0.25, 0.3) is 5.91 Å². The SMILES string of the molecule is CC(NC(=O)c1cc(I)ccc1O)C1CC2CCC1C2. The van der Waals surface area contributed by atoms with Gasteiger partial charge in [-0.15, -0.1) is 0 Å². The molecule has 2 bridgehead atoms. The molecule has 1 aromatic rings. The first-order chi connectivity index (χ1) is 9.54. The third-order valence-electron chi connectivity index (χ3n) is 5.00. The number of phenolic OH excluding ortho intramolecular Hbond substituents is 1. The van der Waals surface area contributed by atoms with Crippen molar-refractivity contribution in [2.45, 2.75) is 38.6 Å². The van der Waals surface area contributed by atoms with E-state index in [1.165, 1.54) is 25.7 Å². The molecule has 0 aliphatic heterocycles. The molecule has 4 unspecified atom stereocenters. The number of phenols is 1. The molecule has 20 heavy (non-hydrogen) atoms. The molecule has 3 nitrogen and oxygen atoms in total. The van der Waals surface area contributed by atoms with Gasteiger partial charge in [-0.25, -0.2) is 0 Å². The van der Waals surface area contributed by atoms with E-state index in [9.17, 15) is 9.90 Å². The van der Waals surface area contributed by atoms with Crippen LogP contribution in [0.5, 0.6) is 5.75 Å². The van der Waals surface area contributed by atoms with Crippen LogP contribution in [0.4, 0.5) is 0 Å². The topological polar surface area (TPSA) is 49.3 Å². The number of amides is 1. The molecule has 1 aromatic carbocycles. The van der Waals surface area contributed by atoms with Gasteiger partial charge in [0.1, 0.15) is 5.75 Å². The molecular weight excluding hydrogens is 365 g/mol. The second-order valence-electron chi connectivity index (χ2n) is 6.26. The van der Waals surface area contributed by atoms with Crippen LogP contribution in [0.25, 0.3) is 0 Å². The Kier molecular flexibility index (Phi) is 3.93. The van der Waals surface area contributed by atoms with Gasteiger partial charge < -0.3 is 10.4 Å². The number of carbonyl (C=O) groups is 1. The molecule has 2 fully saturated rings. The number of nitrogens with one attached hydrogen (secondary N) is 1. The van der Waals surface area contributed by atoms with Crippen LogP contribution in [0, 0.1) is 21.3 Å². The number of aromatic hydroxyl groups is 1. The number of hydrogen-bond acceptors (Lipinski definition) is 2. The predicted octanol–water partition coefficient (Wildman–Crippen LogP) is 3.55. The predicted molar refractivity (Wildman–Crippen MR) is 86.7 cm³/mol. The molecule has 4 heteroatoms. The van der Waals surface area contributed by atoms with Crippen LogP contribution in [-0.4, -0.2) is 17.1 Å². The molecule has 2 saturated carbocycles. The summed E-state index contributed by atoms with van der Waals surface area (Å²) in [6.45, 7) is 2.11. The summed E-state index contributed by atoms with van der Waals surface area (Å²) in [5.41, 5.74) is 0.381. The van der Waals surface area contributed by atoms with E-state index in [-0.39, 0.29) is 17.7 Å². The van der Waals surface area contributed by atoms with E-state index in [0.717, 1.165) is 15.4 Å². The molecule has 4 atom stereocenters. The van der Waals surface area contributed by atoms with E-state index in [4.69, 9.17) is 0 Å². The van der Waals surface area contributed by atoms with Crippen LogP contribution in [0.3, 0.4) is 0 Å². The lowest BCUT2D eigenvalue weighted by Gasteiger charge is -2.28. The van der Waals surface area contributed by atoms with Crippen molar-refractivity contribution in [2.75, 3.05) is 0 Å². The third-order valence-corrected chi connectivity index (χ3v) is 5.67. The lowest BCUT2D eigenvalue weighted by molar-refractivity contribution is 0.0912. The van der Waals surface area contributed by atoms with Crippen molar-refractivity contribution in [3.05, 3.63) is 27.3 Å². The van der Waals surface area contributed by atoms with Gasteiger partial charge in [-0.1, -0.05) is 6.42 Å². The van der Waals surface area contributed by atoms with Crippen LogP contribution in [0.1, 0.15) is 43.0 Å². The zero-order valence-corrected chi connectivity index (χ0v) is 13.8. The molecular formula is C16H20INO2. The summed E-state index contributed by atoms with van der Waals surface area (Å²) in [5, 5.41) is 12.9. The molecule has 2 N–H and O–H groups in total. The van der Waals surface area contributed by atoms with Crippen molar-refractivity contribution in [1.29, 1.82) is 0 Å². The molecule has 3 rings (SSSR count).